The van der Waals surface area contributed by atoms with E-state index in [-0.39, 0.29) is 18.0 Å². The molecule has 0 saturated heterocycles. The quantitative estimate of drug-likeness (QED) is 0.732. The molecule has 3 nitrogen and oxygen atoms in total. The minimum Gasteiger partial charge on any atom is -0.399 e. The van der Waals surface area contributed by atoms with Gasteiger partial charge in [0.1, 0.15) is 0 Å². The van der Waals surface area contributed by atoms with E-state index >= 15 is 0 Å². The van der Waals surface area contributed by atoms with Gasteiger partial charge < -0.3 is 16.2 Å². The van der Waals surface area contributed by atoms with Gasteiger partial charge in [-0.2, -0.15) is 13.2 Å². The molecule has 1 fully saturated rings. The number of nitrogens with one attached hydrogen (secondary N) is 1. The van der Waals surface area contributed by atoms with Gasteiger partial charge >= 0.3 is 6.18 Å². The van der Waals surface area contributed by atoms with Crippen LogP contribution in [-0.4, -0.2) is 17.3 Å². The van der Waals surface area contributed by atoms with Gasteiger partial charge in [0.05, 0.1) is 17.7 Å². The molecule has 1 aliphatic rings. The van der Waals surface area contributed by atoms with Crippen LogP contribution >= 0.6 is 0 Å². The van der Waals surface area contributed by atoms with Gasteiger partial charge in [-0.3, -0.25) is 0 Å². The van der Waals surface area contributed by atoms with Crippen molar-refractivity contribution in [3.05, 3.63) is 23.8 Å². The maximum atomic E-state index is 12.9. The Labute approximate surface area is 103 Å². The Hall–Kier alpha value is -1.43. The second kappa shape index (κ2) is 4.35. The van der Waals surface area contributed by atoms with Gasteiger partial charge in [0.2, 0.25) is 0 Å². The van der Waals surface area contributed by atoms with Crippen molar-refractivity contribution < 1.29 is 18.3 Å². The maximum absolute atomic E-state index is 12.9. The van der Waals surface area contributed by atoms with Gasteiger partial charge in [-0.05, 0) is 37.5 Å². The average molecular weight is 260 g/mol. The Morgan fingerprint density at radius 3 is 2.44 bits per heavy atom. The average Bonchev–Trinajstić information content (AvgIpc) is 2.24. The van der Waals surface area contributed by atoms with E-state index in [1.165, 1.54) is 12.1 Å². The second-order valence-electron chi connectivity index (χ2n) is 4.72. The van der Waals surface area contributed by atoms with Crippen LogP contribution in [-0.2, 0) is 6.18 Å². The third kappa shape index (κ3) is 2.38. The molecule has 1 aliphatic carbocycles. The molecule has 2 rings (SSSR count). The number of anilines is 2. The van der Waals surface area contributed by atoms with E-state index in [0.29, 0.717) is 12.8 Å². The number of aliphatic hydroxyl groups is 1. The molecule has 0 atom stereocenters. The first-order valence-corrected chi connectivity index (χ1v) is 5.72. The van der Waals surface area contributed by atoms with Crippen LogP contribution in [0.5, 0.6) is 0 Å². The number of aliphatic hydroxyl groups excluding tert-OH is 1. The third-order valence-corrected chi connectivity index (χ3v) is 3.36. The van der Waals surface area contributed by atoms with Crippen molar-refractivity contribution in [1.29, 1.82) is 0 Å². The number of hydrogen-bond donors (Lipinski definition) is 3. The van der Waals surface area contributed by atoms with Gasteiger partial charge in [-0.25, -0.2) is 0 Å². The van der Waals surface area contributed by atoms with Gasteiger partial charge in [-0.15, -0.1) is 0 Å². The Kier molecular flexibility index (Phi) is 3.14. The van der Waals surface area contributed by atoms with Crippen molar-refractivity contribution in [3.8, 4) is 0 Å². The highest BCUT2D eigenvalue weighted by molar-refractivity contribution is 5.60. The normalized spacial score (nSPS) is 18.2. The lowest BCUT2D eigenvalue weighted by Gasteiger charge is -2.42. The van der Waals surface area contributed by atoms with Crippen LogP contribution in [0.15, 0.2) is 18.2 Å². The SMILES string of the molecule is Nc1ccc(NC2(CO)CCC2)c(C(F)(F)F)c1. The summed E-state index contributed by atoms with van der Waals surface area (Å²) in [6.07, 6.45) is -2.21. The van der Waals surface area contributed by atoms with Crippen molar-refractivity contribution in [3.63, 3.8) is 0 Å². The summed E-state index contributed by atoms with van der Waals surface area (Å²) < 4.78 is 38.6. The van der Waals surface area contributed by atoms with E-state index in [0.717, 1.165) is 12.5 Å². The molecular formula is C12H15F3N2O. The van der Waals surface area contributed by atoms with Crippen molar-refractivity contribution in [2.24, 2.45) is 0 Å². The van der Waals surface area contributed by atoms with Crippen LogP contribution in [0.4, 0.5) is 24.5 Å². The van der Waals surface area contributed by atoms with Gasteiger partial charge in [0, 0.05) is 11.4 Å². The standard InChI is InChI=1S/C12H15F3N2O/c13-12(14,15)9-6-8(16)2-3-10(9)17-11(7-18)4-1-5-11/h2-3,6,17-18H,1,4-5,7,16H2. The molecule has 0 aliphatic heterocycles. The zero-order valence-corrected chi connectivity index (χ0v) is 9.72. The molecule has 100 valence electrons. The van der Waals surface area contributed by atoms with E-state index in [1.807, 2.05) is 0 Å². The molecule has 1 aromatic carbocycles. The minimum atomic E-state index is -4.46. The number of alkyl halides is 3. The molecule has 4 N–H and O–H groups in total. The van der Waals surface area contributed by atoms with Crippen LogP contribution in [0.2, 0.25) is 0 Å². The van der Waals surface area contributed by atoms with Crippen LogP contribution < -0.4 is 11.1 Å². The molecule has 1 saturated carbocycles. The Bertz CT molecular complexity index is 436. The smallest absolute Gasteiger partial charge is 0.399 e. The zero-order chi connectivity index (χ0) is 13.4. The summed E-state index contributed by atoms with van der Waals surface area (Å²) in [5.41, 5.74) is 4.03. The summed E-state index contributed by atoms with van der Waals surface area (Å²) in [4.78, 5) is 0. The number of nitrogen functional groups attached to an aromatic ring is 1. The molecule has 6 heteroatoms. The first-order valence-electron chi connectivity index (χ1n) is 5.72. The van der Waals surface area contributed by atoms with Gasteiger partial charge in [0.15, 0.2) is 0 Å². The number of nitrogens with two attached hydrogens (primary N) is 1. The predicted octanol–water partition coefficient (Wildman–Crippen LogP) is 2.61. The van der Waals surface area contributed by atoms with E-state index in [4.69, 9.17) is 5.73 Å². The van der Waals surface area contributed by atoms with Crippen molar-refractivity contribution in [1.82, 2.24) is 0 Å². The topological polar surface area (TPSA) is 58.3 Å². The highest BCUT2D eigenvalue weighted by Gasteiger charge is 2.40. The summed E-state index contributed by atoms with van der Waals surface area (Å²) >= 11 is 0. The summed E-state index contributed by atoms with van der Waals surface area (Å²) in [6.45, 7) is -0.172. The van der Waals surface area contributed by atoms with E-state index in [1.54, 1.807) is 0 Å². The maximum Gasteiger partial charge on any atom is 0.418 e. The number of halogens is 3. The molecule has 1 aromatic rings. The minimum absolute atomic E-state index is 0.0227. The summed E-state index contributed by atoms with van der Waals surface area (Å²) in [7, 11) is 0. The fraction of sp³-hybridized carbons (Fsp3) is 0.500. The van der Waals surface area contributed by atoms with Crippen LogP contribution in [0.1, 0.15) is 24.8 Å². The number of benzene rings is 1. The molecule has 0 aromatic heterocycles. The van der Waals surface area contributed by atoms with Gasteiger partial charge in [0.25, 0.3) is 0 Å². The Balaban J connectivity index is 2.32. The molecule has 0 heterocycles. The molecule has 18 heavy (non-hydrogen) atoms. The number of rotatable bonds is 3. The van der Waals surface area contributed by atoms with Crippen LogP contribution in [0, 0.1) is 0 Å². The molecule has 0 bridgehead atoms. The highest BCUT2D eigenvalue weighted by Crippen LogP contribution is 2.40. The molecule has 0 amide bonds. The van der Waals surface area contributed by atoms with Crippen molar-refractivity contribution >= 4 is 11.4 Å². The molecule has 0 unspecified atom stereocenters. The zero-order valence-electron chi connectivity index (χ0n) is 9.72. The Morgan fingerprint density at radius 2 is 2.00 bits per heavy atom. The van der Waals surface area contributed by atoms with E-state index in [2.05, 4.69) is 5.32 Å². The third-order valence-electron chi connectivity index (χ3n) is 3.36. The largest absolute Gasteiger partial charge is 0.418 e. The van der Waals surface area contributed by atoms with Crippen LogP contribution in [0.3, 0.4) is 0 Å². The van der Waals surface area contributed by atoms with Crippen LogP contribution in [0.25, 0.3) is 0 Å². The molecule has 0 radical (unpaired) electrons. The monoisotopic (exact) mass is 260 g/mol. The lowest BCUT2D eigenvalue weighted by Crippen LogP contribution is -2.48. The second-order valence-corrected chi connectivity index (χ2v) is 4.72. The molecular weight excluding hydrogens is 245 g/mol. The van der Waals surface area contributed by atoms with Crippen molar-refractivity contribution in [2.75, 3.05) is 17.7 Å². The molecule has 0 spiro atoms. The fourth-order valence-corrected chi connectivity index (χ4v) is 2.12. The first kappa shape index (κ1) is 13.0. The van der Waals surface area contributed by atoms with Gasteiger partial charge in [-0.1, -0.05) is 0 Å². The van der Waals surface area contributed by atoms with E-state index in [9.17, 15) is 18.3 Å². The Morgan fingerprint density at radius 1 is 1.33 bits per heavy atom. The summed E-state index contributed by atoms with van der Waals surface area (Å²) in [6, 6.07) is 3.64. The number of hydrogen-bond acceptors (Lipinski definition) is 3. The summed E-state index contributed by atoms with van der Waals surface area (Å²) in [5, 5.41) is 12.1. The lowest BCUT2D eigenvalue weighted by molar-refractivity contribution is -0.137. The predicted molar refractivity (Wildman–Crippen MR) is 63.1 cm³/mol. The highest BCUT2D eigenvalue weighted by atomic mass is 19.4. The van der Waals surface area contributed by atoms with Crippen molar-refractivity contribution in [2.45, 2.75) is 31.0 Å². The fourth-order valence-electron chi connectivity index (χ4n) is 2.12. The lowest BCUT2D eigenvalue weighted by atomic mass is 9.77. The van der Waals surface area contributed by atoms with E-state index < -0.39 is 17.3 Å². The summed E-state index contributed by atoms with van der Waals surface area (Å²) in [5.74, 6) is 0. The first-order chi connectivity index (χ1) is 8.36.